The Kier molecular flexibility index (Phi) is 3.83. The summed E-state index contributed by atoms with van der Waals surface area (Å²) in [4.78, 5) is 3.95. The molecule has 3 heteroatoms. The number of aliphatic hydroxyl groups is 1. The third-order valence-electron chi connectivity index (χ3n) is 2.07. The first-order valence-corrected chi connectivity index (χ1v) is 4.72. The highest BCUT2D eigenvalue weighted by molar-refractivity contribution is 7.80. The molecule has 13 heavy (non-hydrogen) atoms. The van der Waals surface area contributed by atoms with E-state index in [-0.39, 0.29) is 5.05 Å². The van der Waals surface area contributed by atoms with Crippen LogP contribution in [0.25, 0.3) is 0 Å². The Morgan fingerprint density at radius 3 is 2.69 bits per heavy atom. The van der Waals surface area contributed by atoms with E-state index in [4.69, 9.17) is 5.11 Å². The Morgan fingerprint density at radius 2 is 2.15 bits per heavy atom. The van der Waals surface area contributed by atoms with E-state index in [0.717, 1.165) is 6.42 Å². The van der Waals surface area contributed by atoms with E-state index in [2.05, 4.69) is 24.1 Å². The fraction of sp³-hybridized carbons (Fsp3) is 0.400. The SMILES string of the molecule is CC(CCC(O)=S)c1ccncc1. The van der Waals surface area contributed by atoms with Gasteiger partial charge in [-0.1, -0.05) is 6.92 Å². The zero-order valence-corrected chi connectivity index (χ0v) is 8.42. The predicted octanol–water partition coefficient (Wildman–Crippen LogP) is 2.85. The molecule has 0 amide bonds. The van der Waals surface area contributed by atoms with Gasteiger partial charge in [0.25, 0.3) is 0 Å². The van der Waals surface area contributed by atoms with E-state index in [1.807, 2.05) is 12.1 Å². The Hall–Kier alpha value is -0.960. The molecule has 1 unspecified atom stereocenters. The summed E-state index contributed by atoms with van der Waals surface area (Å²) < 4.78 is 0. The van der Waals surface area contributed by atoms with Crippen molar-refractivity contribution in [3.63, 3.8) is 0 Å². The molecule has 1 heterocycles. The topological polar surface area (TPSA) is 33.1 Å². The summed E-state index contributed by atoms with van der Waals surface area (Å²) in [5, 5.41) is 8.97. The van der Waals surface area contributed by atoms with Gasteiger partial charge in [-0.2, -0.15) is 0 Å². The van der Waals surface area contributed by atoms with E-state index < -0.39 is 0 Å². The summed E-state index contributed by atoms with van der Waals surface area (Å²) in [5.41, 5.74) is 1.24. The van der Waals surface area contributed by atoms with Gasteiger partial charge in [0.05, 0.1) is 0 Å². The normalized spacial score (nSPS) is 12.4. The molecule has 0 saturated heterocycles. The van der Waals surface area contributed by atoms with Crippen LogP contribution in [0.4, 0.5) is 0 Å². The first-order valence-electron chi connectivity index (χ1n) is 4.32. The van der Waals surface area contributed by atoms with Gasteiger partial charge in [-0.3, -0.25) is 4.98 Å². The van der Waals surface area contributed by atoms with Crippen LogP contribution in [0.3, 0.4) is 0 Å². The van der Waals surface area contributed by atoms with Crippen molar-refractivity contribution in [3.8, 4) is 0 Å². The van der Waals surface area contributed by atoms with Gasteiger partial charge in [-0.25, -0.2) is 0 Å². The van der Waals surface area contributed by atoms with E-state index in [1.165, 1.54) is 5.56 Å². The molecule has 70 valence electrons. The van der Waals surface area contributed by atoms with Crippen LogP contribution in [0.5, 0.6) is 0 Å². The van der Waals surface area contributed by atoms with Crippen LogP contribution >= 0.6 is 12.2 Å². The molecule has 0 aromatic carbocycles. The summed E-state index contributed by atoms with van der Waals surface area (Å²) in [7, 11) is 0. The molecule has 0 aliphatic heterocycles. The average molecular weight is 195 g/mol. The largest absolute Gasteiger partial charge is 0.502 e. The molecule has 0 fully saturated rings. The van der Waals surface area contributed by atoms with Crippen LogP contribution in [0.15, 0.2) is 24.5 Å². The Morgan fingerprint density at radius 1 is 1.54 bits per heavy atom. The van der Waals surface area contributed by atoms with Gasteiger partial charge in [-0.15, -0.1) is 0 Å². The Labute approximate surface area is 83.6 Å². The molecule has 0 aliphatic rings. The van der Waals surface area contributed by atoms with Crippen molar-refractivity contribution in [1.29, 1.82) is 0 Å². The molecular weight excluding hydrogens is 182 g/mol. The van der Waals surface area contributed by atoms with Crippen LogP contribution in [0.1, 0.15) is 31.2 Å². The molecule has 2 nitrogen and oxygen atoms in total. The molecule has 1 atom stereocenters. The van der Waals surface area contributed by atoms with Gasteiger partial charge in [0.1, 0.15) is 0 Å². The van der Waals surface area contributed by atoms with Crippen LogP contribution in [0, 0.1) is 0 Å². The number of nitrogens with zero attached hydrogens (tertiary/aromatic N) is 1. The number of hydrogen-bond acceptors (Lipinski definition) is 2. The molecule has 1 aromatic rings. The lowest BCUT2D eigenvalue weighted by Crippen LogP contribution is -1.98. The average Bonchev–Trinajstić information content (AvgIpc) is 2.15. The van der Waals surface area contributed by atoms with E-state index in [9.17, 15) is 0 Å². The van der Waals surface area contributed by atoms with Gasteiger partial charge < -0.3 is 5.11 Å². The molecular formula is C10H13NOS. The van der Waals surface area contributed by atoms with Crippen molar-refractivity contribution < 1.29 is 5.11 Å². The smallest absolute Gasteiger partial charge is 0.156 e. The zero-order valence-electron chi connectivity index (χ0n) is 7.60. The highest BCUT2D eigenvalue weighted by Gasteiger charge is 2.05. The number of thiocarbonyl (C=S) groups is 1. The van der Waals surface area contributed by atoms with Crippen molar-refractivity contribution >= 4 is 17.3 Å². The summed E-state index contributed by atoms with van der Waals surface area (Å²) in [5.74, 6) is 0.424. The monoisotopic (exact) mass is 195 g/mol. The lowest BCUT2D eigenvalue weighted by molar-refractivity contribution is 0.534. The third-order valence-corrected chi connectivity index (χ3v) is 2.27. The Bertz CT molecular complexity index is 274. The summed E-state index contributed by atoms with van der Waals surface area (Å²) in [6, 6.07) is 3.98. The third kappa shape index (κ3) is 3.51. The standard InChI is InChI=1S/C10H13NOS/c1-8(2-3-10(12)13)9-4-6-11-7-5-9/h4-8H,2-3H2,1H3,(H,12,13). The lowest BCUT2D eigenvalue weighted by Gasteiger charge is -2.09. The van der Waals surface area contributed by atoms with Crippen LogP contribution < -0.4 is 0 Å². The quantitative estimate of drug-likeness (QED) is 0.750. The molecule has 0 radical (unpaired) electrons. The molecule has 1 rings (SSSR count). The van der Waals surface area contributed by atoms with Gasteiger partial charge in [0.2, 0.25) is 0 Å². The molecule has 1 N–H and O–H groups in total. The second-order valence-corrected chi connectivity index (χ2v) is 3.59. The zero-order chi connectivity index (χ0) is 9.68. The van der Waals surface area contributed by atoms with Gasteiger partial charge >= 0.3 is 0 Å². The first-order chi connectivity index (χ1) is 6.20. The molecule has 0 saturated carbocycles. The summed E-state index contributed by atoms with van der Waals surface area (Å²) in [6.45, 7) is 2.12. The van der Waals surface area contributed by atoms with Gasteiger partial charge in [0.15, 0.2) is 5.05 Å². The highest BCUT2D eigenvalue weighted by Crippen LogP contribution is 2.19. The maximum Gasteiger partial charge on any atom is 0.156 e. The number of rotatable bonds is 4. The first kappa shape index (κ1) is 10.1. The minimum absolute atomic E-state index is 0.0981. The molecule has 0 bridgehead atoms. The number of hydrogen-bond donors (Lipinski definition) is 1. The lowest BCUT2D eigenvalue weighted by atomic mass is 9.98. The van der Waals surface area contributed by atoms with E-state index in [0.29, 0.717) is 12.3 Å². The Balaban J connectivity index is 2.49. The minimum atomic E-state index is 0.0981. The molecule has 0 aliphatic carbocycles. The summed E-state index contributed by atoms with van der Waals surface area (Å²) in [6.07, 6.45) is 5.05. The maximum atomic E-state index is 8.87. The minimum Gasteiger partial charge on any atom is -0.502 e. The van der Waals surface area contributed by atoms with Gasteiger partial charge in [0, 0.05) is 18.8 Å². The van der Waals surface area contributed by atoms with Crippen LogP contribution in [0.2, 0.25) is 0 Å². The van der Waals surface area contributed by atoms with Crippen LogP contribution in [-0.4, -0.2) is 15.1 Å². The van der Waals surface area contributed by atoms with E-state index >= 15 is 0 Å². The number of aromatic nitrogens is 1. The molecule has 0 spiro atoms. The second kappa shape index (κ2) is 4.92. The number of pyridine rings is 1. The fourth-order valence-corrected chi connectivity index (χ4v) is 1.32. The van der Waals surface area contributed by atoms with Crippen molar-refractivity contribution in [2.75, 3.05) is 0 Å². The van der Waals surface area contributed by atoms with Crippen molar-refractivity contribution in [2.24, 2.45) is 0 Å². The summed E-state index contributed by atoms with van der Waals surface area (Å²) >= 11 is 4.61. The maximum absolute atomic E-state index is 8.87. The van der Waals surface area contributed by atoms with Gasteiger partial charge in [-0.05, 0) is 42.3 Å². The molecule has 1 aromatic heterocycles. The second-order valence-electron chi connectivity index (χ2n) is 3.11. The highest BCUT2D eigenvalue weighted by atomic mass is 32.1. The van der Waals surface area contributed by atoms with Crippen molar-refractivity contribution in [1.82, 2.24) is 4.98 Å². The number of aliphatic hydroxyl groups excluding tert-OH is 1. The van der Waals surface area contributed by atoms with Crippen molar-refractivity contribution in [3.05, 3.63) is 30.1 Å². The fourth-order valence-electron chi connectivity index (χ4n) is 1.20. The van der Waals surface area contributed by atoms with Crippen LogP contribution in [-0.2, 0) is 0 Å². The predicted molar refractivity (Wildman–Crippen MR) is 57.1 cm³/mol. The van der Waals surface area contributed by atoms with Crippen molar-refractivity contribution in [2.45, 2.75) is 25.7 Å². The van der Waals surface area contributed by atoms with E-state index in [1.54, 1.807) is 12.4 Å².